The van der Waals surface area contributed by atoms with Crippen LogP contribution in [0.5, 0.6) is 0 Å². The number of carbonyl (C=O) groups excluding carboxylic acids is 1. The zero-order valence-electron chi connectivity index (χ0n) is 12.7. The van der Waals surface area contributed by atoms with E-state index in [-0.39, 0.29) is 12.5 Å². The SMILES string of the molecule is O=C(CCCSc1ccc(Cl)cc1)N1CCN(CCO)CC1. The molecule has 6 heteroatoms. The van der Waals surface area contributed by atoms with Gasteiger partial charge in [-0.15, -0.1) is 11.8 Å². The first kappa shape index (κ1) is 17.6. The largest absolute Gasteiger partial charge is 0.395 e. The topological polar surface area (TPSA) is 43.8 Å². The van der Waals surface area contributed by atoms with Gasteiger partial charge in [0, 0.05) is 49.1 Å². The summed E-state index contributed by atoms with van der Waals surface area (Å²) in [5.41, 5.74) is 0. The van der Waals surface area contributed by atoms with Crippen molar-refractivity contribution in [2.24, 2.45) is 0 Å². The van der Waals surface area contributed by atoms with Crippen LogP contribution in [0.25, 0.3) is 0 Å². The average molecular weight is 343 g/mol. The molecular weight excluding hydrogens is 320 g/mol. The van der Waals surface area contributed by atoms with Crippen LogP contribution in [0.1, 0.15) is 12.8 Å². The molecule has 22 heavy (non-hydrogen) atoms. The molecule has 0 unspecified atom stereocenters. The lowest BCUT2D eigenvalue weighted by Crippen LogP contribution is -2.49. The zero-order chi connectivity index (χ0) is 15.8. The van der Waals surface area contributed by atoms with Crippen LogP contribution in [-0.4, -0.2) is 65.9 Å². The van der Waals surface area contributed by atoms with Gasteiger partial charge in [-0.3, -0.25) is 9.69 Å². The van der Waals surface area contributed by atoms with E-state index >= 15 is 0 Å². The lowest BCUT2D eigenvalue weighted by molar-refractivity contribution is -0.133. The molecule has 0 atom stereocenters. The Labute approximate surface area is 141 Å². The number of piperazine rings is 1. The molecule has 1 heterocycles. The van der Waals surface area contributed by atoms with E-state index in [1.165, 1.54) is 4.90 Å². The Hall–Kier alpha value is -0.750. The van der Waals surface area contributed by atoms with Crippen LogP contribution in [0.3, 0.4) is 0 Å². The second-order valence-corrected chi connectivity index (χ2v) is 6.96. The molecule has 1 aromatic rings. The standard InChI is InChI=1S/C16H23ClN2O2S/c17-14-3-5-15(6-4-14)22-13-1-2-16(21)19-9-7-18(8-10-19)11-12-20/h3-6,20H,1-2,7-13H2. The van der Waals surface area contributed by atoms with Crippen molar-refractivity contribution in [2.45, 2.75) is 17.7 Å². The molecular formula is C16H23ClN2O2S. The number of benzene rings is 1. The van der Waals surface area contributed by atoms with Crippen molar-refractivity contribution in [3.8, 4) is 0 Å². The Morgan fingerprint density at radius 3 is 2.50 bits per heavy atom. The normalized spacial score (nSPS) is 16.0. The predicted molar refractivity (Wildman–Crippen MR) is 91.5 cm³/mol. The van der Waals surface area contributed by atoms with Crippen LogP contribution < -0.4 is 0 Å². The Bertz CT molecular complexity index is 462. The third-order valence-corrected chi connectivity index (χ3v) is 5.11. The average Bonchev–Trinajstić information content (AvgIpc) is 2.54. The Kier molecular flexibility index (Phi) is 7.52. The van der Waals surface area contributed by atoms with Gasteiger partial charge in [0.05, 0.1) is 6.61 Å². The number of hydrogen-bond acceptors (Lipinski definition) is 4. The van der Waals surface area contributed by atoms with Gasteiger partial charge >= 0.3 is 0 Å². The Morgan fingerprint density at radius 2 is 1.86 bits per heavy atom. The number of amides is 1. The second kappa shape index (κ2) is 9.40. The minimum Gasteiger partial charge on any atom is -0.395 e. The number of nitrogens with zero attached hydrogens (tertiary/aromatic N) is 2. The third-order valence-electron chi connectivity index (χ3n) is 3.76. The number of β-amino-alcohol motifs (C(OH)–C–C–N with tert-alkyl or cyclic N) is 1. The molecule has 1 fully saturated rings. The van der Waals surface area contributed by atoms with Crippen molar-refractivity contribution >= 4 is 29.3 Å². The molecule has 0 spiro atoms. The maximum Gasteiger partial charge on any atom is 0.222 e. The van der Waals surface area contributed by atoms with Crippen LogP contribution in [0.15, 0.2) is 29.2 Å². The van der Waals surface area contributed by atoms with E-state index in [4.69, 9.17) is 16.7 Å². The number of rotatable bonds is 7. The fraction of sp³-hybridized carbons (Fsp3) is 0.562. The molecule has 0 saturated carbocycles. The van der Waals surface area contributed by atoms with Gasteiger partial charge in [-0.2, -0.15) is 0 Å². The molecule has 0 bridgehead atoms. The maximum absolute atomic E-state index is 12.1. The summed E-state index contributed by atoms with van der Waals surface area (Å²) >= 11 is 7.61. The molecule has 1 N–H and O–H groups in total. The minimum absolute atomic E-state index is 0.190. The van der Waals surface area contributed by atoms with Crippen LogP contribution in [0.4, 0.5) is 0 Å². The van der Waals surface area contributed by atoms with E-state index in [0.29, 0.717) is 13.0 Å². The highest BCUT2D eigenvalue weighted by Crippen LogP contribution is 2.21. The summed E-state index contributed by atoms with van der Waals surface area (Å²) in [5, 5.41) is 9.66. The number of aliphatic hydroxyl groups excluding tert-OH is 1. The molecule has 1 aromatic carbocycles. The monoisotopic (exact) mass is 342 g/mol. The van der Waals surface area contributed by atoms with Crippen molar-refractivity contribution in [2.75, 3.05) is 45.1 Å². The summed E-state index contributed by atoms with van der Waals surface area (Å²) in [4.78, 5) is 17.5. The fourth-order valence-electron chi connectivity index (χ4n) is 2.46. The summed E-state index contributed by atoms with van der Waals surface area (Å²) in [6.07, 6.45) is 1.50. The summed E-state index contributed by atoms with van der Waals surface area (Å²) in [6, 6.07) is 7.80. The van der Waals surface area contributed by atoms with Gasteiger partial charge < -0.3 is 10.0 Å². The summed E-state index contributed by atoms with van der Waals surface area (Å²) < 4.78 is 0. The number of carbonyl (C=O) groups is 1. The Balaban J connectivity index is 1.61. The van der Waals surface area contributed by atoms with E-state index in [1.807, 2.05) is 29.2 Å². The summed E-state index contributed by atoms with van der Waals surface area (Å²) in [6.45, 7) is 4.19. The van der Waals surface area contributed by atoms with Crippen LogP contribution in [0.2, 0.25) is 5.02 Å². The molecule has 2 rings (SSSR count). The molecule has 1 aliphatic heterocycles. The smallest absolute Gasteiger partial charge is 0.222 e. The molecule has 1 amide bonds. The van der Waals surface area contributed by atoms with Crippen LogP contribution in [0, 0.1) is 0 Å². The molecule has 122 valence electrons. The first-order valence-corrected chi connectivity index (χ1v) is 9.05. The molecule has 1 saturated heterocycles. The van der Waals surface area contributed by atoms with Gasteiger partial charge in [0.2, 0.25) is 5.91 Å². The number of halogens is 1. The van der Waals surface area contributed by atoms with E-state index in [0.717, 1.165) is 43.4 Å². The summed E-state index contributed by atoms with van der Waals surface area (Å²) in [7, 11) is 0. The lowest BCUT2D eigenvalue weighted by atomic mass is 10.2. The van der Waals surface area contributed by atoms with Crippen LogP contribution >= 0.6 is 23.4 Å². The van der Waals surface area contributed by atoms with Gasteiger partial charge in [-0.1, -0.05) is 11.6 Å². The van der Waals surface area contributed by atoms with Crippen molar-refractivity contribution in [3.05, 3.63) is 29.3 Å². The Morgan fingerprint density at radius 1 is 1.18 bits per heavy atom. The summed E-state index contributed by atoms with van der Waals surface area (Å²) in [5.74, 6) is 1.19. The van der Waals surface area contributed by atoms with Gasteiger partial charge in [-0.25, -0.2) is 0 Å². The van der Waals surface area contributed by atoms with Crippen molar-refractivity contribution in [1.29, 1.82) is 0 Å². The highest BCUT2D eigenvalue weighted by atomic mass is 35.5. The zero-order valence-corrected chi connectivity index (χ0v) is 14.3. The van der Waals surface area contributed by atoms with Gasteiger partial charge in [0.25, 0.3) is 0 Å². The molecule has 1 aliphatic rings. The maximum atomic E-state index is 12.1. The first-order valence-electron chi connectivity index (χ1n) is 7.68. The quantitative estimate of drug-likeness (QED) is 0.610. The molecule has 4 nitrogen and oxygen atoms in total. The number of hydrogen-bond donors (Lipinski definition) is 1. The molecule has 0 radical (unpaired) electrons. The number of aliphatic hydroxyl groups is 1. The van der Waals surface area contributed by atoms with E-state index in [1.54, 1.807) is 11.8 Å². The van der Waals surface area contributed by atoms with Crippen LogP contribution in [-0.2, 0) is 4.79 Å². The van der Waals surface area contributed by atoms with Crippen molar-refractivity contribution in [1.82, 2.24) is 9.80 Å². The fourth-order valence-corrected chi connectivity index (χ4v) is 3.44. The minimum atomic E-state index is 0.190. The van der Waals surface area contributed by atoms with Gasteiger partial charge in [0.1, 0.15) is 0 Å². The predicted octanol–water partition coefficient (Wildman–Crippen LogP) is 2.35. The van der Waals surface area contributed by atoms with Gasteiger partial charge in [-0.05, 0) is 36.4 Å². The first-order chi connectivity index (χ1) is 10.7. The van der Waals surface area contributed by atoms with Crippen molar-refractivity contribution < 1.29 is 9.90 Å². The van der Waals surface area contributed by atoms with E-state index < -0.39 is 0 Å². The number of thioether (sulfide) groups is 1. The lowest BCUT2D eigenvalue weighted by Gasteiger charge is -2.34. The molecule has 0 aliphatic carbocycles. The molecule has 0 aromatic heterocycles. The van der Waals surface area contributed by atoms with Gasteiger partial charge in [0.15, 0.2) is 0 Å². The van der Waals surface area contributed by atoms with Crippen molar-refractivity contribution in [3.63, 3.8) is 0 Å². The highest BCUT2D eigenvalue weighted by Gasteiger charge is 2.19. The third kappa shape index (κ3) is 5.80. The van der Waals surface area contributed by atoms with E-state index in [2.05, 4.69) is 4.90 Å². The second-order valence-electron chi connectivity index (χ2n) is 5.35. The highest BCUT2D eigenvalue weighted by molar-refractivity contribution is 7.99. The van der Waals surface area contributed by atoms with E-state index in [9.17, 15) is 4.79 Å².